The quantitative estimate of drug-likeness (QED) is 0.798. The Morgan fingerprint density at radius 2 is 2.16 bits per heavy atom. The van der Waals surface area contributed by atoms with Gasteiger partial charge in [-0.3, -0.25) is 19.7 Å². The lowest BCUT2D eigenvalue weighted by Gasteiger charge is -2.21. The fourth-order valence-corrected chi connectivity index (χ4v) is 2.13. The molecule has 0 aliphatic carbocycles. The summed E-state index contributed by atoms with van der Waals surface area (Å²) in [5.74, 6) is -3.23. The second kappa shape index (κ2) is 5.17. The third-order valence-corrected chi connectivity index (χ3v) is 3.03. The van der Waals surface area contributed by atoms with Gasteiger partial charge in [-0.15, -0.1) is 0 Å². The smallest absolute Gasteiger partial charge is 0.307 e. The lowest BCUT2D eigenvalue weighted by molar-refractivity contribution is -0.136. The van der Waals surface area contributed by atoms with E-state index in [1.807, 2.05) is 0 Å². The monoisotopic (exact) mass is 265 g/mol. The van der Waals surface area contributed by atoms with Gasteiger partial charge in [-0.1, -0.05) is 12.1 Å². The molecule has 6 heteroatoms. The summed E-state index contributed by atoms with van der Waals surface area (Å²) in [5.41, 5.74) is 0.528. The highest BCUT2D eigenvalue weighted by Gasteiger charge is 2.29. The zero-order valence-electron chi connectivity index (χ0n) is 9.98. The molecule has 2 rings (SSSR count). The lowest BCUT2D eigenvalue weighted by atomic mass is 9.89. The maximum Gasteiger partial charge on any atom is 0.307 e. The number of benzene rings is 1. The van der Waals surface area contributed by atoms with Crippen molar-refractivity contribution in [2.45, 2.75) is 25.2 Å². The molecule has 1 unspecified atom stereocenters. The summed E-state index contributed by atoms with van der Waals surface area (Å²) in [7, 11) is 0. The van der Waals surface area contributed by atoms with Crippen LogP contribution >= 0.6 is 0 Å². The number of amides is 2. The summed E-state index contributed by atoms with van der Waals surface area (Å²) in [5, 5.41) is 10.8. The number of piperidine rings is 1. The maximum absolute atomic E-state index is 13.9. The highest BCUT2D eigenvalue weighted by Crippen LogP contribution is 2.27. The van der Waals surface area contributed by atoms with Crippen LogP contribution in [-0.2, 0) is 20.8 Å². The molecule has 1 heterocycles. The number of nitrogens with one attached hydrogen (secondary N) is 1. The number of carbonyl (C=O) groups excluding carboxylic acids is 2. The molecule has 1 aromatic rings. The fraction of sp³-hybridized carbons (Fsp3) is 0.308. The molecule has 2 N–H and O–H groups in total. The van der Waals surface area contributed by atoms with Gasteiger partial charge in [-0.05, 0) is 18.1 Å². The molecule has 0 spiro atoms. The first-order valence-electron chi connectivity index (χ1n) is 5.81. The Morgan fingerprint density at radius 3 is 2.74 bits per heavy atom. The van der Waals surface area contributed by atoms with Crippen LogP contribution < -0.4 is 5.32 Å². The Labute approximate surface area is 108 Å². The van der Waals surface area contributed by atoms with Crippen molar-refractivity contribution in [3.8, 4) is 0 Å². The molecule has 19 heavy (non-hydrogen) atoms. The van der Waals surface area contributed by atoms with Gasteiger partial charge in [-0.25, -0.2) is 4.39 Å². The number of carbonyl (C=O) groups is 3. The standard InChI is InChI=1S/C13H12FNO4/c14-10-5-7(6-12(17)18)1-2-8(10)9-3-4-11(16)15-13(9)19/h1-2,5,9H,3-4,6H2,(H,17,18)(H,15,16,19). The highest BCUT2D eigenvalue weighted by molar-refractivity contribution is 6.00. The second-order valence-corrected chi connectivity index (χ2v) is 4.43. The van der Waals surface area contributed by atoms with Crippen LogP contribution in [0.2, 0.25) is 0 Å². The summed E-state index contributed by atoms with van der Waals surface area (Å²) in [6.07, 6.45) is 0.166. The molecule has 0 saturated carbocycles. The van der Waals surface area contributed by atoms with E-state index in [1.165, 1.54) is 12.1 Å². The number of hydrogen-bond donors (Lipinski definition) is 2. The van der Waals surface area contributed by atoms with Gasteiger partial charge in [0, 0.05) is 12.0 Å². The van der Waals surface area contributed by atoms with E-state index in [2.05, 4.69) is 5.32 Å². The van der Waals surface area contributed by atoms with Crippen molar-refractivity contribution in [2.24, 2.45) is 0 Å². The van der Waals surface area contributed by atoms with E-state index in [4.69, 9.17) is 5.11 Å². The highest BCUT2D eigenvalue weighted by atomic mass is 19.1. The average molecular weight is 265 g/mol. The Kier molecular flexibility index (Phi) is 3.59. The molecule has 1 aliphatic heterocycles. The van der Waals surface area contributed by atoms with Crippen molar-refractivity contribution in [2.75, 3.05) is 0 Å². The summed E-state index contributed by atoms with van der Waals surface area (Å²) in [6.45, 7) is 0. The zero-order valence-corrected chi connectivity index (χ0v) is 9.98. The first-order chi connectivity index (χ1) is 8.97. The van der Waals surface area contributed by atoms with Gasteiger partial charge < -0.3 is 5.11 Å². The number of hydrogen-bond acceptors (Lipinski definition) is 3. The summed E-state index contributed by atoms with van der Waals surface area (Å²) in [4.78, 5) is 33.2. The number of carboxylic acid groups (broad SMARTS) is 1. The van der Waals surface area contributed by atoms with Crippen LogP contribution in [0, 0.1) is 5.82 Å². The zero-order chi connectivity index (χ0) is 14.0. The predicted octanol–water partition coefficient (Wildman–Crippen LogP) is 0.973. The lowest BCUT2D eigenvalue weighted by Crippen LogP contribution is -2.39. The minimum Gasteiger partial charge on any atom is -0.481 e. The van der Waals surface area contributed by atoms with E-state index in [-0.39, 0.29) is 30.7 Å². The Balaban J connectivity index is 2.23. The largest absolute Gasteiger partial charge is 0.481 e. The van der Waals surface area contributed by atoms with Gasteiger partial charge in [0.05, 0.1) is 12.3 Å². The number of rotatable bonds is 3. The van der Waals surface area contributed by atoms with Crippen molar-refractivity contribution in [1.82, 2.24) is 5.32 Å². The minimum absolute atomic E-state index is 0.173. The molecule has 1 saturated heterocycles. The molecule has 2 amide bonds. The van der Waals surface area contributed by atoms with Crippen molar-refractivity contribution >= 4 is 17.8 Å². The van der Waals surface area contributed by atoms with Crippen molar-refractivity contribution < 1.29 is 23.9 Å². The van der Waals surface area contributed by atoms with Crippen LogP contribution in [0.5, 0.6) is 0 Å². The first kappa shape index (κ1) is 13.2. The van der Waals surface area contributed by atoms with Gasteiger partial charge in [0.15, 0.2) is 0 Å². The minimum atomic E-state index is -1.05. The third-order valence-electron chi connectivity index (χ3n) is 3.03. The Bertz CT molecular complexity index is 556. The van der Waals surface area contributed by atoms with Crippen molar-refractivity contribution in [3.05, 3.63) is 35.1 Å². The molecule has 1 atom stereocenters. The maximum atomic E-state index is 13.9. The number of carboxylic acids is 1. The van der Waals surface area contributed by atoms with E-state index in [1.54, 1.807) is 0 Å². The molecular weight excluding hydrogens is 253 g/mol. The normalized spacial score (nSPS) is 19.1. The van der Waals surface area contributed by atoms with Crippen LogP contribution in [0.3, 0.4) is 0 Å². The van der Waals surface area contributed by atoms with Crippen LogP contribution in [0.1, 0.15) is 29.9 Å². The molecule has 100 valence electrons. The molecule has 1 aliphatic rings. The molecule has 5 nitrogen and oxygen atoms in total. The van der Waals surface area contributed by atoms with E-state index < -0.39 is 23.6 Å². The average Bonchev–Trinajstić information content (AvgIpc) is 2.30. The molecule has 0 aromatic heterocycles. The van der Waals surface area contributed by atoms with E-state index in [9.17, 15) is 18.8 Å². The van der Waals surface area contributed by atoms with E-state index >= 15 is 0 Å². The number of imide groups is 1. The summed E-state index contributed by atoms with van der Waals surface area (Å²) < 4.78 is 13.9. The molecular formula is C13H12FNO4. The number of aliphatic carboxylic acids is 1. The number of halogens is 1. The van der Waals surface area contributed by atoms with E-state index in [0.717, 1.165) is 6.07 Å². The van der Waals surface area contributed by atoms with Crippen LogP contribution in [0.4, 0.5) is 4.39 Å². The summed E-state index contributed by atoms with van der Waals surface area (Å²) >= 11 is 0. The first-order valence-corrected chi connectivity index (χ1v) is 5.81. The second-order valence-electron chi connectivity index (χ2n) is 4.43. The van der Waals surface area contributed by atoms with Crippen molar-refractivity contribution in [3.63, 3.8) is 0 Å². The Morgan fingerprint density at radius 1 is 1.42 bits per heavy atom. The van der Waals surface area contributed by atoms with Gasteiger partial charge >= 0.3 is 5.97 Å². The van der Waals surface area contributed by atoms with Gasteiger partial charge in [0.2, 0.25) is 11.8 Å². The summed E-state index contributed by atoms with van der Waals surface area (Å²) in [6, 6.07) is 4.01. The van der Waals surface area contributed by atoms with E-state index in [0.29, 0.717) is 5.56 Å². The van der Waals surface area contributed by atoms with Gasteiger partial charge in [-0.2, -0.15) is 0 Å². The molecule has 0 bridgehead atoms. The topological polar surface area (TPSA) is 83.5 Å². The van der Waals surface area contributed by atoms with Crippen LogP contribution in [0.15, 0.2) is 18.2 Å². The molecule has 1 fully saturated rings. The predicted molar refractivity (Wildman–Crippen MR) is 62.9 cm³/mol. The Hall–Kier alpha value is -2.24. The van der Waals surface area contributed by atoms with Crippen molar-refractivity contribution in [1.29, 1.82) is 0 Å². The molecule has 1 aromatic carbocycles. The SMILES string of the molecule is O=C(O)Cc1ccc(C2CCC(=O)NC2=O)c(F)c1. The van der Waals surface area contributed by atoms with Crippen LogP contribution in [-0.4, -0.2) is 22.9 Å². The van der Waals surface area contributed by atoms with Gasteiger partial charge in [0.1, 0.15) is 5.82 Å². The molecule has 0 radical (unpaired) electrons. The third kappa shape index (κ3) is 2.96. The fourth-order valence-electron chi connectivity index (χ4n) is 2.13. The van der Waals surface area contributed by atoms with Gasteiger partial charge in [0.25, 0.3) is 0 Å². The van der Waals surface area contributed by atoms with Crippen LogP contribution in [0.25, 0.3) is 0 Å².